The summed E-state index contributed by atoms with van der Waals surface area (Å²) in [6.07, 6.45) is 0. The van der Waals surface area contributed by atoms with Gasteiger partial charge in [0.1, 0.15) is 0 Å². The number of aryl methyl sites for hydroxylation is 1. The zero-order valence-corrected chi connectivity index (χ0v) is 7.27. The number of anilines is 1. The van der Waals surface area contributed by atoms with Crippen LogP contribution in [0.5, 0.6) is 0 Å². The molecule has 0 amide bonds. The van der Waals surface area contributed by atoms with Gasteiger partial charge in [0.15, 0.2) is 0 Å². The lowest BCUT2D eigenvalue weighted by Crippen LogP contribution is -2.07. The lowest BCUT2D eigenvalue weighted by molar-refractivity contribution is 1.30. The average Bonchev–Trinajstić information content (AvgIpc) is 1.94. The van der Waals surface area contributed by atoms with Gasteiger partial charge in [0.25, 0.3) is 0 Å². The highest BCUT2D eigenvalue weighted by molar-refractivity contribution is 9.10. The molecule has 0 aromatic heterocycles. The summed E-state index contributed by atoms with van der Waals surface area (Å²) in [7, 11) is 0. The van der Waals surface area contributed by atoms with Gasteiger partial charge in [-0.25, -0.2) is 0 Å². The molecule has 0 saturated carbocycles. The molecule has 0 fully saturated rings. The molecule has 0 radical (unpaired) electrons. The van der Waals surface area contributed by atoms with Gasteiger partial charge >= 0.3 is 0 Å². The normalized spacial score (nSPS) is 9.50. The highest BCUT2D eigenvalue weighted by Crippen LogP contribution is 2.18. The lowest BCUT2D eigenvalue weighted by Gasteiger charge is -2.03. The molecule has 1 aromatic rings. The molecule has 0 aliphatic rings. The number of benzene rings is 1. The van der Waals surface area contributed by atoms with Crippen LogP contribution in [0.25, 0.3) is 0 Å². The van der Waals surface area contributed by atoms with E-state index in [0.29, 0.717) is 0 Å². The number of nitrogens with two attached hydrogens (primary N) is 1. The van der Waals surface area contributed by atoms with Crippen LogP contribution in [0.1, 0.15) is 5.56 Å². The van der Waals surface area contributed by atoms with Crippen molar-refractivity contribution in [3.8, 4) is 0 Å². The summed E-state index contributed by atoms with van der Waals surface area (Å²) < 4.78 is 1.03. The van der Waals surface area contributed by atoms with Crippen molar-refractivity contribution >= 4 is 21.6 Å². The monoisotopic (exact) mass is 200 g/mol. The minimum Gasteiger partial charge on any atom is -0.324 e. The number of halogens is 1. The smallest absolute Gasteiger partial charge is 0.0525 e. The maximum absolute atomic E-state index is 5.25. The minimum absolute atomic E-state index is 0.953. The molecule has 0 aliphatic carbocycles. The third-order valence-electron chi connectivity index (χ3n) is 1.36. The van der Waals surface area contributed by atoms with Crippen LogP contribution in [-0.4, -0.2) is 0 Å². The molecule has 3 heteroatoms. The van der Waals surface area contributed by atoms with Gasteiger partial charge < -0.3 is 5.43 Å². The van der Waals surface area contributed by atoms with Crippen LogP contribution in [0.15, 0.2) is 22.7 Å². The number of nitrogen functional groups attached to an aromatic ring is 1. The van der Waals surface area contributed by atoms with Gasteiger partial charge in [-0.15, -0.1) is 0 Å². The van der Waals surface area contributed by atoms with E-state index in [1.165, 1.54) is 0 Å². The Bertz CT molecular complexity index is 235. The van der Waals surface area contributed by atoms with Gasteiger partial charge in [-0.2, -0.15) is 0 Å². The van der Waals surface area contributed by atoms with E-state index in [2.05, 4.69) is 21.4 Å². The van der Waals surface area contributed by atoms with Crippen LogP contribution >= 0.6 is 15.9 Å². The van der Waals surface area contributed by atoms with Crippen molar-refractivity contribution in [2.75, 3.05) is 5.43 Å². The summed E-state index contributed by atoms with van der Waals surface area (Å²) in [5.41, 5.74) is 4.70. The molecular formula is C7H9BrN2. The van der Waals surface area contributed by atoms with Gasteiger partial charge in [0.05, 0.1) is 5.69 Å². The lowest BCUT2D eigenvalue weighted by atomic mass is 10.2. The van der Waals surface area contributed by atoms with E-state index in [-0.39, 0.29) is 0 Å². The first-order valence-corrected chi connectivity index (χ1v) is 3.76. The number of rotatable bonds is 1. The molecule has 0 unspecified atom stereocenters. The topological polar surface area (TPSA) is 38.0 Å². The average molecular weight is 201 g/mol. The van der Waals surface area contributed by atoms with Gasteiger partial charge in [-0.1, -0.05) is 22.0 Å². The Hall–Kier alpha value is -0.540. The molecule has 0 heterocycles. The molecule has 10 heavy (non-hydrogen) atoms. The van der Waals surface area contributed by atoms with Crippen LogP contribution in [0.3, 0.4) is 0 Å². The van der Waals surface area contributed by atoms with E-state index in [0.717, 1.165) is 15.7 Å². The Morgan fingerprint density at radius 3 is 2.70 bits per heavy atom. The van der Waals surface area contributed by atoms with Crippen LogP contribution in [0, 0.1) is 6.92 Å². The van der Waals surface area contributed by atoms with E-state index in [4.69, 9.17) is 5.84 Å². The summed E-state index contributed by atoms with van der Waals surface area (Å²) in [6.45, 7) is 2.00. The second-order valence-electron chi connectivity index (χ2n) is 2.10. The Morgan fingerprint density at radius 1 is 1.50 bits per heavy atom. The second-order valence-corrected chi connectivity index (χ2v) is 3.02. The van der Waals surface area contributed by atoms with Crippen molar-refractivity contribution in [3.63, 3.8) is 0 Å². The Kier molecular flexibility index (Phi) is 2.29. The van der Waals surface area contributed by atoms with Crippen molar-refractivity contribution in [2.45, 2.75) is 6.92 Å². The van der Waals surface area contributed by atoms with E-state index in [1.807, 2.05) is 25.1 Å². The largest absolute Gasteiger partial charge is 0.324 e. The third-order valence-corrected chi connectivity index (χ3v) is 1.85. The third kappa shape index (κ3) is 1.49. The van der Waals surface area contributed by atoms with E-state index < -0.39 is 0 Å². The predicted molar refractivity (Wildman–Crippen MR) is 46.7 cm³/mol. The summed E-state index contributed by atoms with van der Waals surface area (Å²) in [4.78, 5) is 0. The highest BCUT2D eigenvalue weighted by Gasteiger charge is 1.94. The first-order valence-electron chi connectivity index (χ1n) is 2.97. The molecule has 54 valence electrons. The summed E-state index contributed by atoms with van der Waals surface area (Å²) in [6, 6.07) is 5.92. The molecule has 0 spiro atoms. The number of hydrazine groups is 1. The fraction of sp³-hybridized carbons (Fsp3) is 0.143. The van der Waals surface area contributed by atoms with Gasteiger partial charge in [0, 0.05) is 4.47 Å². The molecule has 2 nitrogen and oxygen atoms in total. The van der Waals surface area contributed by atoms with Gasteiger partial charge in [-0.05, 0) is 24.6 Å². The van der Waals surface area contributed by atoms with Crippen LogP contribution in [0.2, 0.25) is 0 Å². The number of hydrogen-bond acceptors (Lipinski definition) is 2. The molecule has 1 aromatic carbocycles. The zero-order valence-electron chi connectivity index (χ0n) is 5.69. The quantitative estimate of drug-likeness (QED) is 0.539. The molecule has 3 N–H and O–H groups in total. The molecular weight excluding hydrogens is 192 g/mol. The van der Waals surface area contributed by atoms with E-state index in [1.54, 1.807) is 0 Å². The zero-order chi connectivity index (χ0) is 7.56. The molecule has 0 saturated heterocycles. The maximum Gasteiger partial charge on any atom is 0.0525 e. The van der Waals surface area contributed by atoms with Crippen LogP contribution < -0.4 is 11.3 Å². The van der Waals surface area contributed by atoms with Crippen molar-refractivity contribution < 1.29 is 0 Å². The van der Waals surface area contributed by atoms with Crippen molar-refractivity contribution in [1.82, 2.24) is 0 Å². The Balaban J connectivity index is 3.09. The molecule has 0 atom stereocenters. The summed E-state index contributed by atoms with van der Waals surface area (Å²) in [5, 5.41) is 0. The summed E-state index contributed by atoms with van der Waals surface area (Å²) >= 11 is 3.34. The molecule has 0 bridgehead atoms. The Morgan fingerprint density at radius 2 is 2.20 bits per heavy atom. The Labute approximate surface area is 68.5 Å². The summed E-state index contributed by atoms with van der Waals surface area (Å²) in [5.74, 6) is 5.25. The maximum atomic E-state index is 5.25. The van der Waals surface area contributed by atoms with Crippen LogP contribution in [-0.2, 0) is 0 Å². The van der Waals surface area contributed by atoms with E-state index >= 15 is 0 Å². The molecule has 1 rings (SSSR count). The van der Waals surface area contributed by atoms with Crippen molar-refractivity contribution in [3.05, 3.63) is 28.2 Å². The van der Waals surface area contributed by atoms with Gasteiger partial charge in [0.2, 0.25) is 0 Å². The fourth-order valence-electron chi connectivity index (χ4n) is 0.750. The first-order chi connectivity index (χ1) is 4.74. The first kappa shape index (κ1) is 7.57. The molecule has 0 aliphatic heterocycles. The SMILES string of the molecule is Cc1ccc(Br)cc1NN. The van der Waals surface area contributed by atoms with Crippen molar-refractivity contribution in [2.24, 2.45) is 5.84 Å². The number of nitrogens with one attached hydrogen (secondary N) is 1. The minimum atomic E-state index is 0.953. The van der Waals surface area contributed by atoms with E-state index in [9.17, 15) is 0 Å². The number of hydrogen-bond donors (Lipinski definition) is 2. The second kappa shape index (κ2) is 3.03. The highest BCUT2D eigenvalue weighted by atomic mass is 79.9. The fourth-order valence-corrected chi connectivity index (χ4v) is 1.11. The van der Waals surface area contributed by atoms with Crippen molar-refractivity contribution in [1.29, 1.82) is 0 Å². The standard InChI is InChI=1S/C7H9BrN2/c1-5-2-3-6(8)4-7(5)10-9/h2-4,10H,9H2,1H3. The van der Waals surface area contributed by atoms with Gasteiger partial charge in [-0.3, -0.25) is 5.84 Å². The van der Waals surface area contributed by atoms with Crippen LogP contribution in [0.4, 0.5) is 5.69 Å². The predicted octanol–water partition coefficient (Wildman–Crippen LogP) is 2.04.